The van der Waals surface area contributed by atoms with Crippen LogP contribution in [-0.4, -0.2) is 58.9 Å². The summed E-state index contributed by atoms with van der Waals surface area (Å²) in [6.45, 7) is 5.52. The minimum atomic E-state index is -0.150. The van der Waals surface area contributed by atoms with Crippen molar-refractivity contribution >= 4 is 11.7 Å². The first-order valence-electron chi connectivity index (χ1n) is 9.52. The zero-order valence-corrected chi connectivity index (χ0v) is 16.4. The normalized spacial score (nSPS) is 15.5. The van der Waals surface area contributed by atoms with Crippen molar-refractivity contribution in [2.24, 2.45) is 0 Å². The van der Waals surface area contributed by atoms with Crippen LogP contribution in [0.1, 0.15) is 25.3 Å². The van der Waals surface area contributed by atoms with Gasteiger partial charge in [0.2, 0.25) is 0 Å². The first-order chi connectivity index (χ1) is 13.0. The van der Waals surface area contributed by atoms with Gasteiger partial charge in [-0.1, -0.05) is 0 Å². The smallest absolute Gasteiger partial charge is 0.321 e. The standard InChI is InChI=1S/C20H29N5O2/c1-4-25-15-16(13-21-25)14-24(3)20(26)22-17-5-7-18(8-6-17)27-19-9-11-23(2)12-10-19/h5-8,13,15,19H,4,9-12,14H2,1-3H3,(H,22,26). The Hall–Kier alpha value is -2.54. The molecule has 3 rings (SSSR count). The summed E-state index contributed by atoms with van der Waals surface area (Å²) in [7, 11) is 3.91. The van der Waals surface area contributed by atoms with Crippen molar-refractivity contribution in [1.82, 2.24) is 19.6 Å². The van der Waals surface area contributed by atoms with E-state index in [1.807, 2.05) is 42.1 Å². The molecule has 27 heavy (non-hydrogen) atoms. The lowest BCUT2D eigenvalue weighted by Crippen LogP contribution is -2.35. The number of aromatic nitrogens is 2. The summed E-state index contributed by atoms with van der Waals surface area (Å²) in [5.41, 5.74) is 1.77. The number of likely N-dealkylation sites (tertiary alicyclic amines) is 1. The first kappa shape index (κ1) is 19.2. The molecule has 0 radical (unpaired) electrons. The second kappa shape index (κ2) is 8.90. The molecular formula is C20H29N5O2. The molecule has 2 heterocycles. The Morgan fingerprint density at radius 3 is 2.63 bits per heavy atom. The van der Waals surface area contributed by atoms with Gasteiger partial charge in [-0.3, -0.25) is 4.68 Å². The number of nitrogens with one attached hydrogen (secondary N) is 1. The van der Waals surface area contributed by atoms with E-state index in [0.29, 0.717) is 6.54 Å². The molecule has 0 bridgehead atoms. The molecule has 0 atom stereocenters. The molecule has 2 aromatic rings. The lowest BCUT2D eigenvalue weighted by atomic mass is 10.1. The van der Waals surface area contributed by atoms with Crippen LogP contribution in [0.5, 0.6) is 5.75 Å². The van der Waals surface area contributed by atoms with Crippen LogP contribution in [0.4, 0.5) is 10.5 Å². The zero-order chi connectivity index (χ0) is 19.2. The molecule has 1 saturated heterocycles. The summed E-state index contributed by atoms with van der Waals surface area (Å²) in [4.78, 5) is 16.3. The van der Waals surface area contributed by atoms with E-state index in [1.54, 1.807) is 18.1 Å². The Kier molecular flexibility index (Phi) is 6.34. The predicted molar refractivity (Wildman–Crippen MR) is 106 cm³/mol. The SMILES string of the molecule is CCn1cc(CN(C)C(=O)Nc2ccc(OC3CCN(C)CC3)cc2)cn1. The van der Waals surface area contributed by atoms with Gasteiger partial charge < -0.3 is 19.9 Å². The molecule has 1 aromatic heterocycles. The molecule has 7 heteroatoms. The third kappa shape index (κ3) is 5.47. The average molecular weight is 371 g/mol. The maximum Gasteiger partial charge on any atom is 0.321 e. The van der Waals surface area contributed by atoms with E-state index >= 15 is 0 Å². The van der Waals surface area contributed by atoms with E-state index in [9.17, 15) is 4.79 Å². The van der Waals surface area contributed by atoms with Crippen LogP contribution in [0.3, 0.4) is 0 Å². The topological polar surface area (TPSA) is 62.6 Å². The fraction of sp³-hybridized carbons (Fsp3) is 0.500. The van der Waals surface area contributed by atoms with Crippen LogP contribution in [0.15, 0.2) is 36.7 Å². The van der Waals surface area contributed by atoms with Gasteiger partial charge in [0.05, 0.1) is 12.7 Å². The quantitative estimate of drug-likeness (QED) is 0.848. The second-order valence-corrected chi connectivity index (χ2v) is 7.14. The molecule has 0 spiro atoms. The molecule has 0 unspecified atom stereocenters. The summed E-state index contributed by atoms with van der Waals surface area (Å²) in [5.74, 6) is 0.850. The van der Waals surface area contributed by atoms with Gasteiger partial charge in [0, 0.05) is 44.1 Å². The van der Waals surface area contributed by atoms with Gasteiger partial charge in [-0.05, 0) is 51.1 Å². The number of rotatable bonds is 6. The van der Waals surface area contributed by atoms with Crippen molar-refractivity contribution in [3.8, 4) is 5.75 Å². The fourth-order valence-electron chi connectivity index (χ4n) is 3.14. The van der Waals surface area contributed by atoms with Crippen molar-refractivity contribution in [3.05, 3.63) is 42.2 Å². The lowest BCUT2D eigenvalue weighted by Gasteiger charge is -2.29. The molecular weight excluding hydrogens is 342 g/mol. The number of ether oxygens (including phenoxy) is 1. The van der Waals surface area contributed by atoms with E-state index < -0.39 is 0 Å². The van der Waals surface area contributed by atoms with E-state index in [1.165, 1.54) is 0 Å². The molecule has 0 saturated carbocycles. The van der Waals surface area contributed by atoms with E-state index in [0.717, 1.165) is 49.5 Å². The molecule has 1 aliphatic heterocycles. The lowest BCUT2D eigenvalue weighted by molar-refractivity contribution is 0.114. The van der Waals surface area contributed by atoms with Gasteiger partial charge in [-0.2, -0.15) is 5.10 Å². The van der Waals surface area contributed by atoms with Gasteiger partial charge in [-0.15, -0.1) is 0 Å². The number of amides is 2. The second-order valence-electron chi connectivity index (χ2n) is 7.14. The molecule has 146 valence electrons. The molecule has 1 fully saturated rings. The van der Waals surface area contributed by atoms with Crippen LogP contribution >= 0.6 is 0 Å². The number of carbonyl (C=O) groups excluding carboxylic acids is 1. The Morgan fingerprint density at radius 1 is 1.30 bits per heavy atom. The number of urea groups is 1. The van der Waals surface area contributed by atoms with Crippen molar-refractivity contribution in [2.75, 3.05) is 32.5 Å². The Labute approximate surface area is 160 Å². The van der Waals surface area contributed by atoms with Crippen molar-refractivity contribution < 1.29 is 9.53 Å². The largest absolute Gasteiger partial charge is 0.490 e. The first-order valence-corrected chi connectivity index (χ1v) is 9.52. The zero-order valence-electron chi connectivity index (χ0n) is 16.4. The highest BCUT2D eigenvalue weighted by Crippen LogP contribution is 2.21. The van der Waals surface area contributed by atoms with Gasteiger partial charge in [0.15, 0.2) is 0 Å². The van der Waals surface area contributed by atoms with E-state index in [2.05, 4.69) is 22.4 Å². The number of carbonyl (C=O) groups is 1. The van der Waals surface area contributed by atoms with Crippen molar-refractivity contribution in [2.45, 2.75) is 39.0 Å². The summed E-state index contributed by atoms with van der Waals surface area (Å²) < 4.78 is 7.90. The monoisotopic (exact) mass is 371 g/mol. The van der Waals surface area contributed by atoms with E-state index in [4.69, 9.17) is 4.74 Å². The Balaban J connectivity index is 1.48. The molecule has 0 aliphatic carbocycles. The predicted octanol–water partition coefficient (Wildman–Crippen LogP) is 3.04. The summed E-state index contributed by atoms with van der Waals surface area (Å²) in [6.07, 6.45) is 6.13. The van der Waals surface area contributed by atoms with Crippen molar-refractivity contribution in [1.29, 1.82) is 0 Å². The highest BCUT2D eigenvalue weighted by molar-refractivity contribution is 5.89. The highest BCUT2D eigenvalue weighted by Gasteiger charge is 2.18. The third-order valence-electron chi connectivity index (χ3n) is 4.85. The fourth-order valence-corrected chi connectivity index (χ4v) is 3.14. The van der Waals surface area contributed by atoms with E-state index in [-0.39, 0.29) is 12.1 Å². The van der Waals surface area contributed by atoms with Crippen LogP contribution in [0.2, 0.25) is 0 Å². The van der Waals surface area contributed by atoms with Crippen LogP contribution in [0, 0.1) is 0 Å². The number of hydrogen-bond acceptors (Lipinski definition) is 4. The number of anilines is 1. The summed E-state index contributed by atoms with van der Waals surface area (Å²) in [6, 6.07) is 7.44. The van der Waals surface area contributed by atoms with Gasteiger partial charge in [0.1, 0.15) is 11.9 Å². The molecule has 2 amide bonds. The number of nitrogens with zero attached hydrogens (tertiary/aromatic N) is 4. The number of hydrogen-bond donors (Lipinski definition) is 1. The highest BCUT2D eigenvalue weighted by atomic mass is 16.5. The third-order valence-corrected chi connectivity index (χ3v) is 4.85. The summed E-state index contributed by atoms with van der Waals surface area (Å²) >= 11 is 0. The van der Waals surface area contributed by atoms with Gasteiger partial charge >= 0.3 is 6.03 Å². The summed E-state index contributed by atoms with van der Waals surface area (Å²) in [5, 5.41) is 7.15. The number of piperidine rings is 1. The van der Waals surface area contributed by atoms with Crippen LogP contribution in [-0.2, 0) is 13.1 Å². The maximum absolute atomic E-state index is 12.4. The van der Waals surface area contributed by atoms with Gasteiger partial charge in [0.25, 0.3) is 0 Å². The van der Waals surface area contributed by atoms with Gasteiger partial charge in [-0.25, -0.2) is 4.79 Å². The minimum absolute atomic E-state index is 0.150. The molecule has 1 aliphatic rings. The Morgan fingerprint density at radius 2 is 2.00 bits per heavy atom. The molecule has 7 nitrogen and oxygen atoms in total. The van der Waals surface area contributed by atoms with Crippen LogP contribution < -0.4 is 10.1 Å². The molecule has 1 N–H and O–H groups in total. The maximum atomic E-state index is 12.4. The van der Waals surface area contributed by atoms with Crippen LogP contribution in [0.25, 0.3) is 0 Å². The number of benzene rings is 1. The average Bonchev–Trinajstić information content (AvgIpc) is 3.12. The molecule has 1 aromatic carbocycles. The number of aryl methyl sites for hydroxylation is 1. The minimum Gasteiger partial charge on any atom is -0.490 e. The van der Waals surface area contributed by atoms with Crippen molar-refractivity contribution in [3.63, 3.8) is 0 Å². The Bertz CT molecular complexity index is 735.